The molecular weight excluding hydrogens is 603 g/mol. The lowest BCUT2D eigenvalue weighted by Crippen LogP contribution is -2.20. The highest BCUT2D eigenvalue weighted by molar-refractivity contribution is 7.26. The second-order valence-corrected chi connectivity index (χ2v) is 13.5. The maximum atomic E-state index is 5.33. The van der Waals surface area contributed by atoms with Gasteiger partial charge in [0.15, 0.2) is 0 Å². The van der Waals surface area contributed by atoms with E-state index in [0.29, 0.717) is 0 Å². The number of hydrogen-bond acceptors (Lipinski definition) is 3. The molecule has 7 aromatic carbocycles. The van der Waals surface area contributed by atoms with Crippen molar-refractivity contribution in [3.05, 3.63) is 180 Å². The van der Waals surface area contributed by atoms with E-state index >= 15 is 0 Å². The van der Waals surface area contributed by atoms with Gasteiger partial charge in [0.2, 0.25) is 0 Å². The molecule has 0 fully saturated rings. The molecule has 9 aromatic rings. The Balaban J connectivity index is 1.09. The molecule has 226 valence electrons. The zero-order chi connectivity index (χ0) is 31.6. The highest BCUT2D eigenvalue weighted by Gasteiger charge is 2.23. The van der Waals surface area contributed by atoms with Crippen LogP contribution in [-0.2, 0) is 0 Å². The summed E-state index contributed by atoms with van der Waals surface area (Å²) < 4.78 is 5.08. The van der Waals surface area contributed by atoms with E-state index in [1.165, 1.54) is 53.1 Å². The average Bonchev–Trinajstić information content (AvgIpc) is 3.71. The number of rotatable bonds is 4. The first-order valence-corrected chi connectivity index (χ1v) is 17.2. The van der Waals surface area contributed by atoms with Crippen LogP contribution >= 0.6 is 11.3 Å². The molecule has 4 heteroatoms. The highest BCUT2D eigenvalue weighted by Crippen LogP contribution is 2.43. The summed E-state index contributed by atoms with van der Waals surface area (Å²) in [5.41, 5.74) is 11.5. The SMILES string of the molecule is c1ccc(-c2ccc(C3=NC(c4ccc(-n5c6ccccc6c6ccc7sc8ccccc8c7c65)cc4)Nc4ccccc43)cc2)cc1. The van der Waals surface area contributed by atoms with E-state index in [2.05, 4.69) is 174 Å². The van der Waals surface area contributed by atoms with Crippen molar-refractivity contribution in [3.63, 3.8) is 0 Å². The van der Waals surface area contributed by atoms with Crippen LogP contribution in [0.1, 0.15) is 22.9 Å². The number of aromatic nitrogens is 1. The minimum absolute atomic E-state index is 0.205. The zero-order valence-electron chi connectivity index (χ0n) is 26.0. The lowest BCUT2D eigenvalue weighted by atomic mass is 9.95. The third kappa shape index (κ3) is 4.23. The summed E-state index contributed by atoms with van der Waals surface area (Å²) in [6.45, 7) is 0. The summed E-state index contributed by atoms with van der Waals surface area (Å²) in [5.74, 6) is 0. The van der Waals surface area contributed by atoms with E-state index in [1.807, 2.05) is 11.3 Å². The topological polar surface area (TPSA) is 29.3 Å². The smallest absolute Gasteiger partial charge is 0.145 e. The fraction of sp³-hybridized carbons (Fsp3) is 0.0227. The van der Waals surface area contributed by atoms with Crippen molar-refractivity contribution in [2.75, 3.05) is 5.32 Å². The van der Waals surface area contributed by atoms with Crippen LogP contribution in [0, 0.1) is 0 Å². The summed E-state index contributed by atoms with van der Waals surface area (Å²) in [6, 6.07) is 58.9. The number of nitrogens with zero attached hydrogens (tertiary/aromatic N) is 2. The van der Waals surface area contributed by atoms with Gasteiger partial charge < -0.3 is 9.88 Å². The number of para-hydroxylation sites is 2. The van der Waals surface area contributed by atoms with Crippen molar-refractivity contribution >= 4 is 64.7 Å². The van der Waals surface area contributed by atoms with Crippen LogP contribution in [0.15, 0.2) is 169 Å². The molecule has 10 rings (SSSR count). The molecule has 3 heterocycles. The number of hydrogen-bond donors (Lipinski definition) is 1. The molecule has 0 saturated heterocycles. The molecule has 0 radical (unpaired) electrons. The van der Waals surface area contributed by atoms with E-state index in [4.69, 9.17) is 4.99 Å². The second kappa shape index (κ2) is 10.8. The van der Waals surface area contributed by atoms with Crippen LogP contribution in [-0.4, -0.2) is 10.3 Å². The fourth-order valence-electron chi connectivity index (χ4n) is 7.37. The first kappa shape index (κ1) is 27.2. The number of fused-ring (bicyclic) bond motifs is 8. The van der Waals surface area contributed by atoms with Gasteiger partial charge >= 0.3 is 0 Å². The van der Waals surface area contributed by atoms with Crippen LogP contribution in [0.25, 0.3) is 58.8 Å². The first-order valence-electron chi connectivity index (χ1n) is 16.3. The molecule has 48 heavy (non-hydrogen) atoms. The number of benzene rings is 7. The van der Waals surface area contributed by atoms with Gasteiger partial charge in [-0.05, 0) is 53.1 Å². The third-order valence-electron chi connectivity index (χ3n) is 9.64. The molecule has 1 atom stereocenters. The van der Waals surface area contributed by atoms with Crippen molar-refractivity contribution in [2.45, 2.75) is 6.17 Å². The predicted octanol–water partition coefficient (Wildman–Crippen LogP) is 11.8. The first-order chi connectivity index (χ1) is 23.8. The van der Waals surface area contributed by atoms with Gasteiger partial charge in [-0.25, -0.2) is 0 Å². The summed E-state index contributed by atoms with van der Waals surface area (Å²) in [4.78, 5) is 5.33. The monoisotopic (exact) mass is 631 g/mol. The molecule has 1 aliphatic heterocycles. The Morgan fingerprint density at radius 2 is 1.21 bits per heavy atom. The van der Waals surface area contributed by atoms with Crippen molar-refractivity contribution < 1.29 is 0 Å². The highest BCUT2D eigenvalue weighted by atomic mass is 32.1. The van der Waals surface area contributed by atoms with Gasteiger partial charge in [-0.15, -0.1) is 11.3 Å². The van der Waals surface area contributed by atoms with E-state index in [-0.39, 0.29) is 6.17 Å². The van der Waals surface area contributed by atoms with E-state index in [9.17, 15) is 0 Å². The Morgan fingerprint density at radius 1 is 0.521 bits per heavy atom. The maximum Gasteiger partial charge on any atom is 0.145 e. The lowest BCUT2D eigenvalue weighted by Gasteiger charge is -2.26. The van der Waals surface area contributed by atoms with Crippen LogP contribution < -0.4 is 5.32 Å². The molecule has 0 amide bonds. The molecule has 2 aromatic heterocycles. The van der Waals surface area contributed by atoms with Crippen LogP contribution in [0.2, 0.25) is 0 Å². The summed E-state index contributed by atoms with van der Waals surface area (Å²) in [6.07, 6.45) is -0.205. The maximum absolute atomic E-state index is 5.33. The Morgan fingerprint density at radius 3 is 2.06 bits per heavy atom. The fourth-order valence-corrected chi connectivity index (χ4v) is 8.48. The van der Waals surface area contributed by atoms with Crippen molar-refractivity contribution in [2.24, 2.45) is 4.99 Å². The molecule has 1 aliphatic rings. The van der Waals surface area contributed by atoms with Gasteiger partial charge in [-0.2, -0.15) is 0 Å². The van der Waals surface area contributed by atoms with Crippen molar-refractivity contribution in [1.82, 2.24) is 4.57 Å². The minimum atomic E-state index is -0.205. The predicted molar refractivity (Wildman–Crippen MR) is 204 cm³/mol. The Kier molecular flexibility index (Phi) is 6.11. The molecular formula is C44H29N3S. The molecule has 0 bridgehead atoms. The molecule has 0 aliphatic carbocycles. The number of nitrogens with one attached hydrogen (secondary N) is 1. The van der Waals surface area contributed by atoms with Gasteiger partial charge in [-0.1, -0.05) is 127 Å². The molecule has 1 unspecified atom stereocenters. The number of aliphatic imine (C=N–C) groups is 1. The Labute approximate surface area is 282 Å². The lowest BCUT2D eigenvalue weighted by molar-refractivity contribution is 0.827. The summed E-state index contributed by atoms with van der Waals surface area (Å²) in [5, 5.41) is 8.90. The summed E-state index contributed by atoms with van der Waals surface area (Å²) >= 11 is 1.87. The Hall–Kier alpha value is -5.97. The van der Waals surface area contributed by atoms with E-state index in [0.717, 1.165) is 33.8 Å². The van der Waals surface area contributed by atoms with Crippen molar-refractivity contribution in [1.29, 1.82) is 0 Å². The number of thiophene rings is 1. The van der Waals surface area contributed by atoms with Crippen LogP contribution in [0.5, 0.6) is 0 Å². The van der Waals surface area contributed by atoms with Crippen molar-refractivity contribution in [3.8, 4) is 16.8 Å². The standard InChI is InChI=1S/C44H29N3S/c1-2-10-28(11-3-1)29-18-20-30(21-19-29)42-35-13-4-7-15-37(35)45-44(46-42)31-22-24-32(25-23-31)47-38-16-8-5-12-33(38)34-26-27-40-41(43(34)47)36-14-6-9-17-39(36)48-40/h1-27,44-45H. The molecule has 0 saturated carbocycles. The zero-order valence-corrected chi connectivity index (χ0v) is 26.8. The second-order valence-electron chi connectivity index (χ2n) is 12.4. The van der Waals surface area contributed by atoms with E-state index < -0.39 is 0 Å². The normalized spacial score (nSPS) is 14.3. The van der Waals surface area contributed by atoms with Gasteiger partial charge in [-0.3, -0.25) is 4.99 Å². The van der Waals surface area contributed by atoms with Gasteiger partial charge in [0.1, 0.15) is 6.17 Å². The van der Waals surface area contributed by atoms with Crippen LogP contribution in [0.4, 0.5) is 5.69 Å². The largest absolute Gasteiger partial charge is 0.360 e. The van der Waals surface area contributed by atoms with Gasteiger partial charge in [0, 0.05) is 53.4 Å². The number of anilines is 1. The van der Waals surface area contributed by atoms with Gasteiger partial charge in [0.25, 0.3) is 0 Å². The quantitative estimate of drug-likeness (QED) is 0.206. The molecule has 3 nitrogen and oxygen atoms in total. The third-order valence-corrected chi connectivity index (χ3v) is 10.8. The minimum Gasteiger partial charge on any atom is -0.360 e. The summed E-state index contributed by atoms with van der Waals surface area (Å²) in [7, 11) is 0. The Bertz CT molecular complexity index is 2680. The van der Waals surface area contributed by atoms with Gasteiger partial charge in [0.05, 0.1) is 16.7 Å². The van der Waals surface area contributed by atoms with Crippen LogP contribution in [0.3, 0.4) is 0 Å². The van der Waals surface area contributed by atoms with E-state index in [1.54, 1.807) is 0 Å². The molecule has 0 spiro atoms. The average molecular weight is 632 g/mol. The molecule has 1 N–H and O–H groups in total.